The molecule has 2 unspecified atom stereocenters. The number of carbonyl (C=O) groups is 1. The topological polar surface area (TPSA) is 89.7 Å². The second-order valence-electron chi connectivity index (χ2n) is 4.98. The first-order valence-electron chi connectivity index (χ1n) is 6.14. The quantitative estimate of drug-likeness (QED) is 0.675. The van der Waals surface area contributed by atoms with E-state index < -0.39 is 28.2 Å². The Bertz CT molecular complexity index is 562. The summed E-state index contributed by atoms with van der Waals surface area (Å²) in [6.07, 6.45) is -0.224. The van der Waals surface area contributed by atoms with E-state index in [-0.39, 0.29) is 17.7 Å². The zero-order valence-electron chi connectivity index (χ0n) is 10.8. The van der Waals surface area contributed by atoms with E-state index in [1.807, 2.05) is 0 Å². The number of carboxylic acids is 1. The Balaban J connectivity index is 2.37. The molecule has 1 heterocycles. The molecule has 0 saturated carbocycles. The maximum absolute atomic E-state index is 13.4. The standard InChI is InChI=1S/C13H14FNO5/c1-8-13(12(16)17,2-3-20-8)7-9-4-10(14)6-11(5-9)15(18)19/h4-6,8H,2-3,7H2,1H3,(H,16,17). The molecule has 20 heavy (non-hydrogen) atoms. The van der Waals surface area contributed by atoms with Gasteiger partial charge in [-0.3, -0.25) is 14.9 Å². The minimum atomic E-state index is -1.17. The van der Waals surface area contributed by atoms with Crippen molar-refractivity contribution in [1.29, 1.82) is 0 Å². The molecule has 2 rings (SSSR count). The van der Waals surface area contributed by atoms with Gasteiger partial charge in [0.1, 0.15) is 5.82 Å². The molecule has 1 aliphatic rings. The fourth-order valence-corrected chi connectivity index (χ4v) is 2.57. The molecule has 1 aromatic rings. The lowest BCUT2D eigenvalue weighted by molar-refractivity contribution is -0.385. The fraction of sp³-hybridized carbons (Fsp3) is 0.462. The smallest absolute Gasteiger partial charge is 0.312 e. The van der Waals surface area contributed by atoms with E-state index in [1.54, 1.807) is 6.92 Å². The highest BCUT2D eigenvalue weighted by atomic mass is 19.1. The Morgan fingerprint density at radius 3 is 2.80 bits per heavy atom. The Kier molecular flexibility index (Phi) is 3.71. The third-order valence-electron chi connectivity index (χ3n) is 3.79. The number of aliphatic carboxylic acids is 1. The lowest BCUT2D eigenvalue weighted by Gasteiger charge is -2.27. The van der Waals surface area contributed by atoms with Gasteiger partial charge in [0.25, 0.3) is 5.69 Å². The molecule has 1 saturated heterocycles. The maximum Gasteiger partial charge on any atom is 0.312 e. The summed E-state index contributed by atoms with van der Waals surface area (Å²) in [6, 6.07) is 3.15. The predicted molar refractivity (Wildman–Crippen MR) is 66.9 cm³/mol. The highest BCUT2D eigenvalue weighted by Crippen LogP contribution is 2.39. The average Bonchev–Trinajstić information content (AvgIpc) is 2.71. The molecule has 1 N–H and O–H groups in total. The molecule has 108 valence electrons. The van der Waals surface area contributed by atoms with Gasteiger partial charge in [-0.25, -0.2) is 4.39 Å². The predicted octanol–water partition coefficient (Wildman–Crippen LogP) is 2.16. The minimum absolute atomic E-state index is 0.00208. The van der Waals surface area contributed by atoms with Crippen molar-refractivity contribution >= 4 is 11.7 Å². The van der Waals surface area contributed by atoms with Gasteiger partial charge in [0.2, 0.25) is 0 Å². The highest BCUT2D eigenvalue weighted by Gasteiger charge is 2.48. The Labute approximate surface area is 114 Å². The van der Waals surface area contributed by atoms with Gasteiger partial charge in [0.15, 0.2) is 0 Å². The van der Waals surface area contributed by atoms with E-state index in [2.05, 4.69) is 0 Å². The summed E-state index contributed by atoms with van der Waals surface area (Å²) >= 11 is 0. The van der Waals surface area contributed by atoms with E-state index in [0.717, 1.165) is 12.1 Å². The van der Waals surface area contributed by atoms with Crippen LogP contribution in [-0.2, 0) is 16.0 Å². The van der Waals surface area contributed by atoms with Crippen molar-refractivity contribution in [3.05, 3.63) is 39.7 Å². The van der Waals surface area contributed by atoms with Gasteiger partial charge in [0.05, 0.1) is 22.5 Å². The van der Waals surface area contributed by atoms with Gasteiger partial charge < -0.3 is 9.84 Å². The average molecular weight is 283 g/mol. The lowest BCUT2D eigenvalue weighted by Crippen LogP contribution is -2.39. The molecule has 1 aromatic carbocycles. The third kappa shape index (κ3) is 2.49. The van der Waals surface area contributed by atoms with E-state index in [0.29, 0.717) is 13.0 Å². The molecule has 7 heteroatoms. The van der Waals surface area contributed by atoms with Crippen LogP contribution in [-0.4, -0.2) is 28.7 Å². The number of nitro groups is 1. The molecule has 0 bridgehead atoms. The van der Waals surface area contributed by atoms with Crippen LogP contribution in [0.25, 0.3) is 0 Å². The minimum Gasteiger partial charge on any atom is -0.481 e. The first-order valence-corrected chi connectivity index (χ1v) is 6.14. The number of ether oxygens (including phenoxy) is 1. The van der Waals surface area contributed by atoms with Crippen LogP contribution in [0.2, 0.25) is 0 Å². The van der Waals surface area contributed by atoms with Crippen LogP contribution in [0.3, 0.4) is 0 Å². The van der Waals surface area contributed by atoms with E-state index in [4.69, 9.17) is 4.74 Å². The van der Waals surface area contributed by atoms with Gasteiger partial charge >= 0.3 is 5.97 Å². The monoisotopic (exact) mass is 283 g/mol. The first kappa shape index (κ1) is 14.4. The van der Waals surface area contributed by atoms with Crippen LogP contribution in [0.15, 0.2) is 18.2 Å². The van der Waals surface area contributed by atoms with E-state index >= 15 is 0 Å². The second kappa shape index (κ2) is 5.16. The lowest BCUT2D eigenvalue weighted by atomic mass is 9.76. The highest BCUT2D eigenvalue weighted by molar-refractivity contribution is 5.76. The number of carboxylic acid groups (broad SMARTS) is 1. The van der Waals surface area contributed by atoms with Gasteiger partial charge in [-0.05, 0) is 31.4 Å². The van der Waals surface area contributed by atoms with Crippen molar-refractivity contribution in [3.8, 4) is 0 Å². The third-order valence-corrected chi connectivity index (χ3v) is 3.79. The van der Waals surface area contributed by atoms with Crippen LogP contribution in [0.5, 0.6) is 0 Å². The van der Waals surface area contributed by atoms with Crippen LogP contribution < -0.4 is 0 Å². The van der Waals surface area contributed by atoms with Crippen LogP contribution >= 0.6 is 0 Å². The molecule has 2 atom stereocenters. The largest absolute Gasteiger partial charge is 0.481 e. The number of hydrogen-bond donors (Lipinski definition) is 1. The van der Waals surface area contributed by atoms with Crippen LogP contribution in [0, 0.1) is 21.3 Å². The van der Waals surface area contributed by atoms with Gasteiger partial charge in [-0.2, -0.15) is 0 Å². The Hall–Kier alpha value is -2.02. The van der Waals surface area contributed by atoms with Crippen LogP contribution in [0.4, 0.5) is 10.1 Å². The summed E-state index contributed by atoms with van der Waals surface area (Å²) in [5.74, 6) is -1.78. The molecular weight excluding hydrogens is 269 g/mol. The SMILES string of the molecule is CC1OCCC1(Cc1cc(F)cc([N+](=O)[O-])c1)C(=O)O. The zero-order valence-corrected chi connectivity index (χ0v) is 10.8. The molecule has 0 radical (unpaired) electrons. The summed E-state index contributed by atoms with van der Waals surface area (Å²) in [7, 11) is 0. The Morgan fingerprint density at radius 2 is 2.30 bits per heavy atom. The molecule has 1 fully saturated rings. The number of halogens is 1. The summed E-state index contributed by atoms with van der Waals surface area (Å²) in [4.78, 5) is 21.6. The number of nitro benzene ring substituents is 1. The second-order valence-corrected chi connectivity index (χ2v) is 4.98. The summed E-state index contributed by atoms with van der Waals surface area (Å²) in [5.41, 5.74) is -1.26. The molecular formula is C13H14FNO5. The van der Waals surface area contributed by atoms with Gasteiger partial charge in [-0.15, -0.1) is 0 Å². The van der Waals surface area contributed by atoms with Crippen molar-refractivity contribution in [2.75, 3.05) is 6.61 Å². The normalized spacial score (nSPS) is 25.6. The summed E-state index contributed by atoms with van der Waals surface area (Å²) in [5, 5.41) is 20.2. The van der Waals surface area contributed by atoms with E-state index in [1.165, 1.54) is 6.07 Å². The number of rotatable bonds is 4. The van der Waals surface area contributed by atoms with Gasteiger partial charge in [-0.1, -0.05) is 0 Å². The van der Waals surface area contributed by atoms with Crippen LogP contribution in [0.1, 0.15) is 18.9 Å². The molecule has 1 aliphatic heterocycles. The van der Waals surface area contributed by atoms with Crippen molar-refractivity contribution < 1.29 is 24.0 Å². The number of hydrogen-bond acceptors (Lipinski definition) is 4. The molecule has 0 aliphatic carbocycles. The summed E-state index contributed by atoms with van der Waals surface area (Å²) < 4.78 is 18.7. The fourth-order valence-electron chi connectivity index (χ4n) is 2.57. The maximum atomic E-state index is 13.4. The van der Waals surface area contributed by atoms with E-state index in [9.17, 15) is 24.4 Å². The van der Waals surface area contributed by atoms with Crippen molar-refractivity contribution in [2.24, 2.45) is 5.41 Å². The molecule has 0 aromatic heterocycles. The number of benzene rings is 1. The van der Waals surface area contributed by atoms with Gasteiger partial charge in [0, 0.05) is 12.7 Å². The molecule has 0 amide bonds. The molecule has 6 nitrogen and oxygen atoms in total. The number of non-ortho nitro benzene ring substituents is 1. The summed E-state index contributed by atoms with van der Waals surface area (Å²) in [6.45, 7) is 1.96. The van der Waals surface area contributed by atoms with Crippen molar-refractivity contribution in [1.82, 2.24) is 0 Å². The Morgan fingerprint density at radius 1 is 1.60 bits per heavy atom. The molecule has 0 spiro atoms. The van der Waals surface area contributed by atoms with Crippen molar-refractivity contribution in [2.45, 2.75) is 25.9 Å². The number of nitrogens with zero attached hydrogens (tertiary/aromatic N) is 1. The zero-order chi connectivity index (χ0) is 14.9. The van der Waals surface area contributed by atoms with Crippen molar-refractivity contribution in [3.63, 3.8) is 0 Å². The first-order chi connectivity index (χ1) is 9.35.